The van der Waals surface area contributed by atoms with Gasteiger partial charge in [0.15, 0.2) is 0 Å². The highest BCUT2D eigenvalue weighted by Gasteiger charge is 2.33. The van der Waals surface area contributed by atoms with Crippen molar-refractivity contribution in [2.24, 2.45) is 5.73 Å². The highest BCUT2D eigenvalue weighted by molar-refractivity contribution is 9.13. The first-order valence-electron chi connectivity index (χ1n) is 6.04. The second kappa shape index (κ2) is 5.72. The molecule has 1 aliphatic rings. The van der Waals surface area contributed by atoms with Crippen LogP contribution in [-0.2, 0) is 4.79 Å². The molecule has 2 atom stereocenters. The average Bonchev–Trinajstić information content (AvgIpc) is 2.35. The number of nitrogens with zero attached hydrogens (tertiary/aromatic N) is 1. The van der Waals surface area contributed by atoms with E-state index in [2.05, 4.69) is 31.9 Å². The monoisotopic (exact) mass is 374 g/mol. The van der Waals surface area contributed by atoms with E-state index in [4.69, 9.17) is 5.73 Å². The molecule has 98 valence electrons. The molecule has 0 bridgehead atoms. The van der Waals surface area contributed by atoms with E-state index in [-0.39, 0.29) is 18.0 Å². The summed E-state index contributed by atoms with van der Waals surface area (Å²) in [7, 11) is 0. The summed E-state index contributed by atoms with van der Waals surface area (Å²) < 4.78 is 1.99. The van der Waals surface area contributed by atoms with Gasteiger partial charge in [-0.3, -0.25) is 4.79 Å². The third-order valence-corrected chi connectivity index (χ3v) is 5.26. The van der Waals surface area contributed by atoms with Crippen LogP contribution < -0.4 is 5.73 Å². The van der Waals surface area contributed by atoms with E-state index >= 15 is 0 Å². The summed E-state index contributed by atoms with van der Waals surface area (Å²) in [5.41, 5.74) is 7.30. The van der Waals surface area contributed by atoms with Crippen LogP contribution in [0.1, 0.15) is 31.4 Å². The van der Waals surface area contributed by atoms with Gasteiger partial charge in [0, 0.05) is 28.0 Å². The second-order valence-corrected chi connectivity index (χ2v) is 6.21. The molecule has 0 aromatic heterocycles. The number of piperidine rings is 1. The van der Waals surface area contributed by atoms with E-state index in [0.717, 1.165) is 20.9 Å². The van der Waals surface area contributed by atoms with Crippen molar-refractivity contribution in [3.63, 3.8) is 0 Å². The van der Waals surface area contributed by atoms with Crippen molar-refractivity contribution in [3.8, 4) is 0 Å². The van der Waals surface area contributed by atoms with Crippen molar-refractivity contribution < 1.29 is 4.79 Å². The number of halogens is 2. The molecule has 1 saturated heterocycles. The van der Waals surface area contributed by atoms with Crippen LogP contribution in [0.25, 0.3) is 0 Å². The molecule has 1 aliphatic heterocycles. The minimum atomic E-state index is -0.0133. The Morgan fingerprint density at radius 1 is 1.39 bits per heavy atom. The standard InChI is InChI=1S/C13H16Br2N2O/c1-2-17-12(18)6-5-11(16)13(17)8-3-4-9(14)10(15)7-8/h3-4,7,11,13H,2,5-6,16H2,1H3. The average molecular weight is 376 g/mol. The number of carbonyl (C=O) groups is 1. The lowest BCUT2D eigenvalue weighted by atomic mass is 9.90. The Bertz CT molecular complexity index is 464. The highest BCUT2D eigenvalue weighted by Crippen LogP contribution is 2.34. The van der Waals surface area contributed by atoms with Gasteiger partial charge in [-0.1, -0.05) is 6.07 Å². The maximum atomic E-state index is 12.0. The van der Waals surface area contributed by atoms with Gasteiger partial charge in [0.25, 0.3) is 0 Å². The zero-order valence-electron chi connectivity index (χ0n) is 10.2. The highest BCUT2D eigenvalue weighted by atomic mass is 79.9. The van der Waals surface area contributed by atoms with Gasteiger partial charge in [-0.25, -0.2) is 0 Å². The normalized spacial score (nSPS) is 24.4. The fourth-order valence-electron chi connectivity index (χ4n) is 2.47. The Hall–Kier alpha value is -0.390. The van der Waals surface area contributed by atoms with Crippen LogP contribution in [0.15, 0.2) is 27.1 Å². The molecule has 0 radical (unpaired) electrons. The summed E-state index contributed by atoms with van der Waals surface area (Å²) in [5, 5.41) is 0. The SMILES string of the molecule is CCN1C(=O)CCC(N)C1c1ccc(Br)c(Br)c1. The lowest BCUT2D eigenvalue weighted by Gasteiger charge is -2.39. The van der Waals surface area contributed by atoms with Gasteiger partial charge in [0.1, 0.15) is 0 Å². The van der Waals surface area contributed by atoms with E-state index in [0.29, 0.717) is 13.0 Å². The predicted molar refractivity (Wildman–Crippen MR) is 79.2 cm³/mol. The number of likely N-dealkylation sites (tertiary alicyclic amines) is 1. The Labute approximate surface area is 124 Å². The lowest BCUT2D eigenvalue weighted by molar-refractivity contribution is -0.137. The molecule has 0 saturated carbocycles. The Morgan fingerprint density at radius 3 is 2.72 bits per heavy atom. The smallest absolute Gasteiger partial charge is 0.223 e. The molecule has 1 heterocycles. The van der Waals surface area contributed by atoms with Gasteiger partial charge in [0.2, 0.25) is 5.91 Å². The van der Waals surface area contributed by atoms with Gasteiger partial charge in [0.05, 0.1) is 6.04 Å². The Balaban J connectivity index is 2.38. The third kappa shape index (κ3) is 2.63. The first kappa shape index (κ1) is 14.0. The topological polar surface area (TPSA) is 46.3 Å². The van der Waals surface area contributed by atoms with Gasteiger partial charge < -0.3 is 10.6 Å². The molecule has 2 N–H and O–H groups in total. The molecule has 1 aromatic carbocycles. The van der Waals surface area contributed by atoms with Gasteiger partial charge in [-0.15, -0.1) is 0 Å². The summed E-state index contributed by atoms with van der Waals surface area (Å²) in [6.07, 6.45) is 1.32. The van der Waals surface area contributed by atoms with Crippen molar-refractivity contribution in [1.29, 1.82) is 0 Å². The molecule has 2 rings (SSSR count). The maximum Gasteiger partial charge on any atom is 0.223 e. The van der Waals surface area contributed by atoms with Gasteiger partial charge in [-0.05, 0) is 62.9 Å². The molecule has 1 aromatic rings. The zero-order valence-corrected chi connectivity index (χ0v) is 13.4. The fourth-order valence-corrected chi connectivity index (χ4v) is 3.12. The first-order valence-corrected chi connectivity index (χ1v) is 7.63. The molecular weight excluding hydrogens is 360 g/mol. The van der Waals surface area contributed by atoms with E-state index in [1.165, 1.54) is 0 Å². The summed E-state index contributed by atoms with van der Waals surface area (Å²) in [6.45, 7) is 2.70. The first-order chi connectivity index (χ1) is 8.54. The van der Waals surface area contributed by atoms with Gasteiger partial charge >= 0.3 is 0 Å². The van der Waals surface area contributed by atoms with Crippen LogP contribution in [0.5, 0.6) is 0 Å². The van der Waals surface area contributed by atoms with Crippen molar-refractivity contribution in [2.45, 2.75) is 31.8 Å². The minimum absolute atomic E-state index is 0.00993. The number of benzene rings is 1. The molecule has 0 spiro atoms. The van der Waals surface area contributed by atoms with Crippen LogP contribution in [0, 0.1) is 0 Å². The van der Waals surface area contributed by atoms with Crippen LogP contribution in [0.2, 0.25) is 0 Å². The van der Waals surface area contributed by atoms with E-state index in [1.54, 1.807) is 0 Å². The molecule has 1 fully saturated rings. The largest absolute Gasteiger partial charge is 0.334 e. The number of amides is 1. The third-order valence-electron chi connectivity index (χ3n) is 3.38. The summed E-state index contributed by atoms with van der Waals surface area (Å²) >= 11 is 6.95. The van der Waals surface area contributed by atoms with E-state index in [1.807, 2.05) is 30.0 Å². The molecule has 1 amide bonds. The Kier molecular flexibility index (Phi) is 4.45. The maximum absolute atomic E-state index is 12.0. The second-order valence-electron chi connectivity index (χ2n) is 4.50. The quantitative estimate of drug-likeness (QED) is 0.862. The molecule has 3 nitrogen and oxygen atoms in total. The number of rotatable bonds is 2. The van der Waals surface area contributed by atoms with Gasteiger partial charge in [-0.2, -0.15) is 0 Å². The van der Waals surface area contributed by atoms with Crippen LogP contribution in [0.4, 0.5) is 0 Å². The number of hydrogen-bond acceptors (Lipinski definition) is 2. The van der Waals surface area contributed by atoms with Crippen LogP contribution >= 0.6 is 31.9 Å². The minimum Gasteiger partial charge on any atom is -0.334 e. The van der Waals surface area contributed by atoms with Crippen LogP contribution in [0.3, 0.4) is 0 Å². The summed E-state index contributed by atoms with van der Waals surface area (Å²) in [6, 6.07) is 6.05. The Morgan fingerprint density at radius 2 is 2.11 bits per heavy atom. The number of hydrogen-bond donors (Lipinski definition) is 1. The molecule has 0 aliphatic carbocycles. The predicted octanol–water partition coefficient (Wildman–Crippen LogP) is 3.22. The van der Waals surface area contributed by atoms with Crippen molar-refractivity contribution in [3.05, 3.63) is 32.7 Å². The van der Waals surface area contributed by atoms with E-state index in [9.17, 15) is 4.79 Å². The lowest BCUT2D eigenvalue weighted by Crippen LogP contribution is -2.48. The molecule has 2 unspecified atom stereocenters. The zero-order chi connectivity index (χ0) is 13.3. The number of likely N-dealkylation sites (N-methyl/N-ethyl adjacent to an activating group) is 1. The van der Waals surface area contributed by atoms with Crippen molar-refractivity contribution >= 4 is 37.8 Å². The van der Waals surface area contributed by atoms with Crippen LogP contribution in [-0.4, -0.2) is 23.4 Å². The van der Waals surface area contributed by atoms with E-state index < -0.39 is 0 Å². The van der Waals surface area contributed by atoms with Crippen molar-refractivity contribution in [1.82, 2.24) is 4.90 Å². The summed E-state index contributed by atoms with van der Waals surface area (Å²) in [4.78, 5) is 13.8. The molecule has 18 heavy (non-hydrogen) atoms. The number of carbonyl (C=O) groups excluding carboxylic acids is 1. The number of nitrogens with two attached hydrogens (primary N) is 1. The summed E-state index contributed by atoms with van der Waals surface area (Å²) in [5.74, 6) is 0.197. The fraction of sp³-hybridized carbons (Fsp3) is 0.462. The molecule has 5 heteroatoms. The molecular formula is C13H16Br2N2O. The van der Waals surface area contributed by atoms with Crippen molar-refractivity contribution in [2.75, 3.05) is 6.54 Å².